The molecule has 4 N–H and O–H groups in total. The number of nitrogens with one attached hydrogen (secondary N) is 1. The Morgan fingerprint density at radius 3 is 2.95 bits per heavy atom. The molecular weight excluding hydrogens is 246 g/mol. The summed E-state index contributed by atoms with van der Waals surface area (Å²) in [5.74, 6) is -0.0332. The molecule has 0 amide bonds. The SMILES string of the molecule is Nc1cnc(NC2CCOC2C2CC2)c(C(=O)O)c1. The summed E-state index contributed by atoms with van der Waals surface area (Å²) in [6.45, 7) is 0.718. The average Bonchev–Trinajstić information content (AvgIpc) is 3.12. The van der Waals surface area contributed by atoms with Crippen molar-refractivity contribution in [2.24, 2.45) is 5.92 Å². The van der Waals surface area contributed by atoms with Crippen molar-refractivity contribution < 1.29 is 14.6 Å². The van der Waals surface area contributed by atoms with E-state index in [0.717, 1.165) is 13.0 Å². The first-order chi connectivity index (χ1) is 9.15. The lowest BCUT2D eigenvalue weighted by Crippen LogP contribution is -2.32. The third-order valence-electron chi connectivity index (χ3n) is 3.68. The van der Waals surface area contributed by atoms with Crippen molar-refractivity contribution >= 4 is 17.5 Å². The van der Waals surface area contributed by atoms with Gasteiger partial charge in [0.25, 0.3) is 0 Å². The number of nitrogens with two attached hydrogens (primary N) is 1. The number of nitrogen functional groups attached to an aromatic ring is 1. The number of hydrogen-bond donors (Lipinski definition) is 3. The van der Waals surface area contributed by atoms with Gasteiger partial charge in [-0.05, 0) is 31.2 Å². The first-order valence-electron chi connectivity index (χ1n) is 6.52. The molecule has 1 aliphatic heterocycles. The second-order valence-corrected chi connectivity index (χ2v) is 5.18. The van der Waals surface area contributed by atoms with E-state index < -0.39 is 5.97 Å². The van der Waals surface area contributed by atoms with Crippen molar-refractivity contribution in [2.45, 2.75) is 31.4 Å². The number of carboxylic acid groups (broad SMARTS) is 1. The molecule has 19 heavy (non-hydrogen) atoms. The molecule has 0 spiro atoms. The number of pyridine rings is 1. The number of nitrogens with zero attached hydrogens (tertiary/aromatic N) is 1. The number of carboxylic acids is 1. The minimum atomic E-state index is -1.02. The van der Waals surface area contributed by atoms with Crippen LogP contribution < -0.4 is 11.1 Å². The normalized spacial score (nSPS) is 26.3. The predicted molar refractivity (Wildman–Crippen MR) is 70.1 cm³/mol. The van der Waals surface area contributed by atoms with E-state index in [2.05, 4.69) is 10.3 Å². The van der Waals surface area contributed by atoms with Crippen molar-refractivity contribution in [3.63, 3.8) is 0 Å². The Labute approximate surface area is 111 Å². The van der Waals surface area contributed by atoms with Crippen LogP contribution in [0.3, 0.4) is 0 Å². The highest BCUT2D eigenvalue weighted by atomic mass is 16.5. The van der Waals surface area contributed by atoms with Gasteiger partial charge in [0.15, 0.2) is 0 Å². The Morgan fingerprint density at radius 1 is 1.47 bits per heavy atom. The van der Waals surface area contributed by atoms with Gasteiger partial charge in [-0.25, -0.2) is 9.78 Å². The number of ether oxygens (including phenoxy) is 1. The first kappa shape index (κ1) is 12.2. The summed E-state index contributed by atoms with van der Waals surface area (Å²) >= 11 is 0. The predicted octanol–water partition coefficient (Wildman–Crippen LogP) is 1.34. The van der Waals surface area contributed by atoms with Crippen LogP contribution in [0.1, 0.15) is 29.6 Å². The Balaban J connectivity index is 1.80. The zero-order valence-electron chi connectivity index (χ0n) is 10.5. The van der Waals surface area contributed by atoms with Crippen LogP contribution in [0.5, 0.6) is 0 Å². The topological polar surface area (TPSA) is 97.5 Å². The average molecular weight is 263 g/mol. The van der Waals surface area contributed by atoms with Crippen LogP contribution in [0.25, 0.3) is 0 Å². The van der Waals surface area contributed by atoms with Crippen LogP contribution in [0, 0.1) is 5.92 Å². The molecule has 2 fully saturated rings. The molecule has 6 heteroatoms. The van der Waals surface area contributed by atoms with Gasteiger partial charge < -0.3 is 20.9 Å². The van der Waals surface area contributed by atoms with Gasteiger partial charge in [0.1, 0.15) is 11.4 Å². The van der Waals surface area contributed by atoms with E-state index in [0.29, 0.717) is 17.4 Å². The smallest absolute Gasteiger partial charge is 0.339 e. The zero-order chi connectivity index (χ0) is 13.4. The lowest BCUT2D eigenvalue weighted by atomic mass is 10.1. The van der Waals surface area contributed by atoms with Gasteiger partial charge in [-0.3, -0.25) is 0 Å². The van der Waals surface area contributed by atoms with E-state index in [1.807, 2.05) is 0 Å². The molecule has 0 aromatic carbocycles. The van der Waals surface area contributed by atoms with Gasteiger partial charge in [0, 0.05) is 6.61 Å². The Kier molecular flexibility index (Phi) is 3.02. The van der Waals surface area contributed by atoms with Gasteiger partial charge >= 0.3 is 5.97 Å². The Bertz CT molecular complexity index is 502. The second kappa shape index (κ2) is 4.70. The molecule has 1 aromatic heterocycles. The molecule has 1 saturated carbocycles. The number of rotatable bonds is 4. The van der Waals surface area contributed by atoms with Crippen LogP contribution in [0.15, 0.2) is 12.3 Å². The summed E-state index contributed by atoms with van der Waals surface area (Å²) < 4.78 is 5.72. The monoisotopic (exact) mass is 263 g/mol. The van der Waals surface area contributed by atoms with E-state index in [-0.39, 0.29) is 17.7 Å². The summed E-state index contributed by atoms with van der Waals surface area (Å²) in [7, 11) is 0. The van der Waals surface area contributed by atoms with Crippen LogP contribution in [-0.4, -0.2) is 34.8 Å². The van der Waals surface area contributed by atoms with Gasteiger partial charge in [-0.1, -0.05) is 0 Å². The molecule has 1 aliphatic carbocycles. The maximum atomic E-state index is 11.2. The van der Waals surface area contributed by atoms with Crippen molar-refractivity contribution in [3.8, 4) is 0 Å². The Hall–Kier alpha value is -1.82. The van der Waals surface area contributed by atoms with E-state index in [9.17, 15) is 9.90 Å². The second-order valence-electron chi connectivity index (χ2n) is 5.18. The number of anilines is 2. The minimum Gasteiger partial charge on any atom is -0.478 e. The molecule has 6 nitrogen and oxygen atoms in total. The summed E-state index contributed by atoms with van der Waals surface area (Å²) in [4.78, 5) is 15.3. The first-order valence-corrected chi connectivity index (χ1v) is 6.52. The van der Waals surface area contributed by atoms with Crippen LogP contribution >= 0.6 is 0 Å². The molecule has 3 rings (SSSR count). The van der Waals surface area contributed by atoms with Crippen molar-refractivity contribution in [1.82, 2.24) is 4.98 Å². The number of aromatic nitrogens is 1. The van der Waals surface area contributed by atoms with Gasteiger partial charge in [0.05, 0.1) is 24.0 Å². The third kappa shape index (κ3) is 2.49. The van der Waals surface area contributed by atoms with Crippen molar-refractivity contribution in [2.75, 3.05) is 17.7 Å². The molecule has 1 aromatic rings. The molecule has 102 valence electrons. The van der Waals surface area contributed by atoms with Crippen molar-refractivity contribution in [1.29, 1.82) is 0 Å². The maximum absolute atomic E-state index is 11.2. The minimum absolute atomic E-state index is 0.112. The standard InChI is InChI=1S/C13H17N3O3/c14-8-5-9(13(17)18)12(15-6-8)16-10-3-4-19-11(10)7-1-2-7/h5-7,10-11H,1-4,14H2,(H,15,16)(H,17,18). The third-order valence-corrected chi connectivity index (χ3v) is 3.68. The number of aromatic carboxylic acids is 1. The van der Waals surface area contributed by atoms with E-state index in [1.54, 1.807) is 0 Å². The van der Waals surface area contributed by atoms with Gasteiger partial charge in [-0.2, -0.15) is 0 Å². The zero-order valence-corrected chi connectivity index (χ0v) is 10.5. The lowest BCUT2D eigenvalue weighted by Gasteiger charge is -2.20. The maximum Gasteiger partial charge on any atom is 0.339 e. The molecule has 1 saturated heterocycles. The summed E-state index contributed by atoms with van der Waals surface area (Å²) in [5, 5.41) is 12.4. The highest BCUT2D eigenvalue weighted by Gasteiger charge is 2.41. The van der Waals surface area contributed by atoms with E-state index >= 15 is 0 Å². The quantitative estimate of drug-likeness (QED) is 0.758. The fourth-order valence-electron chi connectivity index (χ4n) is 2.59. The van der Waals surface area contributed by atoms with Crippen LogP contribution in [0.4, 0.5) is 11.5 Å². The number of carbonyl (C=O) groups is 1. The van der Waals surface area contributed by atoms with Gasteiger partial charge in [-0.15, -0.1) is 0 Å². The molecule has 0 radical (unpaired) electrons. The molecule has 2 unspecified atom stereocenters. The van der Waals surface area contributed by atoms with Crippen LogP contribution in [-0.2, 0) is 4.74 Å². The fraction of sp³-hybridized carbons (Fsp3) is 0.538. The summed E-state index contributed by atoms with van der Waals surface area (Å²) in [6, 6.07) is 1.57. The highest BCUT2D eigenvalue weighted by Crippen LogP contribution is 2.39. The van der Waals surface area contributed by atoms with Crippen LogP contribution in [0.2, 0.25) is 0 Å². The van der Waals surface area contributed by atoms with Gasteiger partial charge in [0.2, 0.25) is 0 Å². The van der Waals surface area contributed by atoms with E-state index in [4.69, 9.17) is 10.5 Å². The largest absolute Gasteiger partial charge is 0.478 e. The number of hydrogen-bond acceptors (Lipinski definition) is 5. The summed E-state index contributed by atoms with van der Waals surface area (Å²) in [5.41, 5.74) is 6.04. The van der Waals surface area contributed by atoms with E-state index in [1.165, 1.54) is 25.1 Å². The molecule has 2 aliphatic rings. The molecule has 0 bridgehead atoms. The highest BCUT2D eigenvalue weighted by molar-refractivity contribution is 5.94. The molecule has 2 atom stereocenters. The van der Waals surface area contributed by atoms with Crippen molar-refractivity contribution in [3.05, 3.63) is 17.8 Å². The molecule has 2 heterocycles. The lowest BCUT2D eigenvalue weighted by molar-refractivity contribution is 0.0697. The molecular formula is C13H17N3O3. The fourth-order valence-corrected chi connectivity index (χ4v) is 2.59. The Morgan fingerprint density at radius 2 is 2.26 bits per heavy atom. The summed E-state index contributed by atoms with van der Waals surface area (Å²) in [6.07, 6.45) is 4.93.